The first-order valence-electron chi connectivity index (χ1n) is 9.47. The topological polar surface area (TPSA) is 113 Å². The van der Waals surface area contributed by atoms with Crippen LogP contribution in [-0.4, -0.2) is 50.0 Å². The molecular weight excluding hydrogens is 408 g/mol. The van der Waals surface area contributed by atoms with Gasteiger partial charge in [0, 0.05) is 29.9 Å². The van der Waals surface area contributed by atoms with Gasteiger partial charge in [0.25, 0.3) is 15.9 Å². The number of ether oxygens (including phenoxy) is 1. The molecule has 0 saturated carbocycles. The van der Waals surface area contributed by atoms with Crippen molar-refractivity contribution in [3.63, 3.8) is 0 Å². The quantitative estimate of drug-likeness (QED) is 0.627. The van der Waals surface area contributed by atoms with Crippen molar-refractivity contribution in [3.8, 4) is 5.75 Å². The van der Waals surface area contributed by atoms with Crippen molar-refractivity contribution in [2.75, 3.05) is 24.4 Å². The van der Waals surface area contributed by atoms with Gasteiger partial charge in [-0.3, -0.25) is 9.52 Å². The minimum absolute atomic E-state index is 0.0169. The van der Waals surface area contributed by atoms with Crippen molar-refractivity contribution in [2.24, 2.45) is 0 Å². The van der Waals surface area contributed by atoms with Crippen LogP contribution in [0, 0.1) is 13.8 Å². The molecule has 0 saturated heterocycles. The number of rotatable bonds is 9. The van der Waals surface area contributed by atoms with Crippen molar-refractivity contribution in [1.82, 2.24) is 4.90 Å². The molecule has 0 unspecified atom stereocenters. The summed E-state index contributed by atoms with van der Waals surface area (Å²) >= 11 is 0. The van der Waals surface area contributed by atoms with Gasteiger partial charge in [-0.1, -0.05) is 6.07 Å². The molecule has 0 bridgehead atoms. The number of benzene rings is 2. The van der Waals surface area contributed by atoms with Gasteiger partial charge < -0.3 is 14.7 Å². The average molecular weight is 435 g/mol. The molecule has 8 nitrogen and oxygen atoms in total. The molecule has 2 aromatic rings. The lowest BCUT2D eigenvalue weighted by atomic mass is 10.1. The number of anilines is 1. The monoisotopic (exact) mass is 434 g/mol. The normalized spacial score (nSPS) is 11.1. The van der Waals surface area contributed by atoms with Crippen LogP contribution >= 0.6 is 0 Å². The number of carbonyl (C=O) groups is 2. The van der Waals surface area contributed by atoms with Crippen molar-refractivity contribution in [3.05, 3.63) is 53.1 Å². The van der Waals surface area contributed by atoms with E-state index >= 15 is 0 Å². The number of nitrogens with zero attached hydrogens (tertiary/aromatic N) is 1. The van der Waals surface area contributed by atoms with Gasteiger partial charge in [0.05, 0.1) is 4.90 Å². The largest absolute Gasteiger partial charge is 0.481 e. The molecule has 2 aromatic carbocycles. The zero-order chi connectivity index (χ0) is 22.5. The summed E-state index contributed by atoms with van der Waals surface area (Å²) in [5.74, 6) is -1.05. The Kier molecular flexibility index (Phi) is 7.44. The Balaban J connectivity index is 2.28. The smallest absolute Gasteiger partial charge is 0.341 e. The number of carboxylic acids is 1. The lowest BCUT2D eigenvalue weighted by molar-refractivity contribution is -0.139. The third-order valence-electron chi connectivity index (χ3n) is 4.62. The summed E-state index contributed by atoms with van der Waals surface area (Å²) in [7, 11) is -3.95. The minimum Gasteiger partial charge on any atom is -0.481 e. The zero-order valence-electron chi connectivity index (χ0n) is 17.4. The number of hydrogen-bond acceptors (Lipinski definition) is 5. The van der Waals surface area contributed by atoms with Gasteiger partial charge in [-0.25, -0.2) is 13.2 Å². The van der Waals surface area contributed by atoms with Crippen LogP contribution < -0.4 is 9.46 Å². The molecular formula is C21H26N2O6S. The van der Waals surface area contributed by atoms with Crippen LogP contribution in [-0.2, 0) is 14.8 Å². The number of aryl methyl sites for hydroxylation is 1. The summed E-state index contributed by atoms with van der Waals surface area (Å²) in [5, 5.41) is 8.83. The van der Waals surface area contributed by atoms with Gasteiger partial charge in [-0.2, -0.15) is 0 Å². The number of nitrogens with one attached hydrogen (secondary N) is 1. The Morgan fingerprint density at radius 2 is 1.63 bits per heavy atom. The van der Waals surface area contributed by atoms with E-state index in [1.807, 2.05) is 13.8 Å². The second-order valence-electron chi connectivity index (χ2n) is 6.68. The Morgan fingerprint density at radius 3 is 2.17 bits per heavy atom. The summed E-state index contributed by atoms with van der Waals surface area (Å²) < 4.78 is 33.5. The third kappa shape index (κ3) is 5.29. The maximum Gasteiger partial charge on any atom is 0.341 e. The van der Waals surface area contributed by atoms with Crippen molar-refractivity contribution in [2.45, 2.75) is 32.6 Å². The highest BCUT2D eigenvalue weighted by molar-refractivity contribution is 7.92. The molecule has 2 N–H and O–H groups in total. The highest BCUT2D eigenvalue weighted by atomic mass is 32.2. The molecule has 0 aromatic heterocycles. The summed E-state index contributed by atoms with van der Waals surface area (Å²) in [6, 6.07) is 9.20. The van der Waals surface area contributed by atoms with E-state index in [0.717, 1.165) is 0 Å². The first-order valence-corrected chi connectivity index (χ1v) is 11.0. The third-order valence-corrected chi connectivity index (χ3v) is 6.14. The molecule has 0 heterocycles. The number of sulfonamides is 1. The Morgan fingerprint density at radius 1 is 1.03 bits per heavy atom. The van der Waals surface area contributed by atoms with Crippen LogP contribution in [0.15, 0.2) is 41.3 Å². The lowest BCUT2D eigenvalue weighted by Gasteiger charge is -2.19. The number of aliphatic carboxylic acids is 1. The standard InChI is InChI=1S/C21H26N2O6S/c1-5-23(6-2)21(26)16-8-10-17(11-9-16)22-30(27,28)18-12-7-14(3)20(15(18)4)29-13-19(24)25/h7-12,22H,5-6,13H2,1-4H3,(H,24,25). The van der Waals surface area contributed by atoms with Crippen molar-refractivity contribution < 1.29 is 27.9 Å². The molecule has 30 heavy (non-hydrogen) atoms. The van der Waals surface area contributed by atoms with Gasteiger partial charge in [0.15, 0.2) is 6.61 Å². The highest BCUT2D eigenvalue weighted by Crippen LogP contribution is 2.30. The van der Waals surface area contributed by atoms with Gasteiger partial charge in [-0.15, -0.1) is 0 Å². The predicted octanol–water partition coefficient (Wildman–Crippen LogP) is 3.05. The summed E-state index contributed by atoms with van der Waals surface area (Å²) in [4.78, 5) is 24.8. The van der Waals surface area contributed by atoms with Crippen LogP contribution in [0.3, 0.4) is 0 Å². The van der Waals surface area contributed by atoms with E-state index in [1.165, 1.54) is 18.2 Å². The second-order valence-corrected chi connectivity index (χ2v) is 8.33. The number of hydrogen-bond donors (Lipinski definition) is 2. The molecule has 0 fully saturated rings. The molecule has 0 spiro atoms. The van der Waals surface area contributed by atoms with Crippen molar-refractivity contribution >= 4 is 27.6 Å². The summed E-state index contributed by atoms with van der Waals surface area (Å²) in [6.45, 7) is 7.65. The van der Waals surface area contributed by atoms with Crippen LogP contribution in [0.1, 0.15) is 35.3 Å². The highest BCUT2D eigenvalue weighted by Gasteiger charge is 2.21. The van der Waals surface area contributed by atoms with E-state index in [4.69, 9.17) is 9.84 Å². The molecule has 0 aliphatic heterocycles. The zero-order valence-corrected chi connectivity index (χ0v) is 18.2. The van der Waals surface area contributed by atoms with Gasteiger partial charge in [0.2, 0.25) is 0 Å². The van der Waals surface area contributed by atoms with Gasteiger partial charge >= 0.3 is 5.97 Å². The molecule has 2 rings (SSSR count). The van der Waals surface area contributed by atoms with Crippen LogP contribution in [0.4, 0.5) is 5.69 Å². The SMILES string of the molecule is CCN(CC)C(=O)c1ccc(NS(=O)(=O)c2ccc(C)c(OCC(=O)O)c2C)cc1. The fourth-order valence-electron chi connectivity index (χ4n) is 3.04. The van der Waals surface area contributed by atoms with Gasteiger partial charge in [0.1, 0.15) is 5.75 Å². The molecule has 0 radical (unpaired) electrons. The predicted molar refractivity (Wildman–Crippen MR) is 114 cm³/mol. The van der Waals surface area contributed by atoms with E-state index in [9.17, 15) is 18.0 Å². The molecule has 0 aliphatic carbocycles. The number of carboxylic acid groups (broad SMARTS) is 1. The Labute approximate surface area is 176 Å². The first-order chi connectivity index (χ1) is 14.1. The lowest BCUT2D eigenvalue weighted by Crippen LogP contribution is -2.30. The molecule has 162 valence electrons. The van der Waals surface area contributed by atoms with E-state index < -0.39 is 22.6 Å². The van der Waals surface area contributed by atoms with Crippen LogP contribution in [0.25, 0.3) is 0 Å². The van der Waals surface area contributed by atoms with E-state index in [-0.39, 0.29) is 16.6 Å². The Hall–Kier alpha value is -3.07. The molecule has 0 atom stereocenters. The molecule has 1 amide bonds. The maximum atomic E-state index is 12.9. The number of amides is 1. The van der Waals surface area contributed by atoms with Crippen LogP contribution in [0.5, 0.6) is 5.75 Å². The maximum absolute atomic E-state index is 12.9. The first kappa shape index (κ1) is 23.2. The Bertz CT molecular complexity index is 1030. The fourth-order valence-corrected chi connectivity index (χ4v) is 4.34. The molecule has 9 heteroatoms. The second kappa shape index (κ2) is 9.62. The van der Waals surface area contributed by atoms with Crippen LogP contribution in [0.2, 0.25) is 0 Å². The molecule has 0 aliphatic rings. The van der Waals surface area contributed by atoms with Crippen molar-refractivity contribution in [1.29, 1.82) is 0 Å². The van der Waals surface area contributed by atoms with Gasteiger partial charge in [-0.05, 0) is 63.6 Å². The van der Waals surface area contributed by atoms with E-state index in [0.29, 0.717) is 35.5 Å². The average Bonchev–Trinajstić information content (AvgIpc) is 2.68. The fraction of sp³-hybridized carbons (Fsp3) is 0.333. The summed E-state index contributed by atoms with van der Waals surface area (Å²) in [6.07, 6.45) is 0. The van der Waals surface area contributed by atoms with E-state index in [2.05, 4.69) is 4.72 Å². The van der Waals surface area contributed by atoms with E-state index in [1.54, 1.807) is 36.9 Å². The summed E-state index contributed by atoms with van der Waals surface area (Å²) in [5.41, 5.74) is 1.72. The minimum atomic E-state index is -3.95. The number of carbonyl (C=O) groups excluding carboxylic acids is 1.